The van der Waals surface area contributed by atoms with Crippen LogP contribution in [0.25, 0.3) is 0 Å². The van der Waals surface area contributed by atoms with Crippen molar-refractivity contribution >= 4 is 33.2 Å². The largest absolute Gasteiger partial charge is 0.395 e. The smallest absolute Gasteiger partial charge is 0.278 e. The summed E-state index contributed by atoms with van der Waals surface area (Å²) in [5.74, 6) is 0.152. The van der Waals surface area contributed by atoms with Gasteiger partial charge in [0.2, 0.25) is 0 Å². The maximum atomic E-state index is 12.2. The van der Waals surface area contributed by atoms with E-state index in [9.17, 15) is 4.79 Å². The molecule has 1 aliphatic rings. The molecule has 20 heavy (non-hydrogen) atoms. The standard InChI is InChI=1S/C14H15BrN4O/c1-7-2-5-9(6-10(7)15)17-14(20)13-11(16)12(18-19-13)8-3-4-8/h2,5-6,8H,3-4,16H2,1H3,(H,17,20)(H,18,19). The fraction of sp³-hybridized carbons (Fsp3) is 0.286. The number of aromatic nitrogens is 2. The van der Waals surface area contributed by atoms with Crippen LogP contribution < -0.4 is 11.1 Å². The van der Waals surface area contributed by atoms with Gasteiger partial charge in [0.1, 0.15) is 0 Å². The molecule has 0 radical (unpaired) electrons. The molecular weight excluding hydrogens is 320 g/mol. The number of hydrogen-bond donors (Lipinski definition) is 3. The summed E-state index contributed by atoms with van der Waals surface area (Å²) in [6.07, 6.45) is 2.22. The highest BCUT2D eigenvalue weighted by atomic mass is 79.9. The lowest BCUT2D eigenvalue weighted by molar-refractivity contribution is 0.102. The zero-order chi connectivity index (χ0) is 14.3. The van der Waals surface area contributed by atoms with Gasteiger partial charge in [-0.05, 0) is 37.5 Å². The predicted octanol–water partition coefficient (Wildman–Crippen LogP) is 3.19. The average Bonchev–Trinajstić information content (AvgIpc) is 3.17. The van der Waals surface area contributed by atoms with Crippen molar-refractivity contribution in [2.24, 2.45) is 0 Å². The second-order valence-electron chi connectivity index (χ2n) is 5.09. The fourth-order valence-electron chi connectivity index (χ4n) is 2.08. The number of nitrogens with two attached hydrogens (primary N) is 1. The fourth-order valence-corrected chi connectivity index (χ4v) is 2.46. The van der Waals surface area contributed by atoms with E-state index < -0.39 is 0 Å². The van der Waals surface area contributed by atoms with Crippen molar-refractivity contribution < 1.29 is 4.79 Å². The van der Waals surface area contributed by atoms with Gasteiger partial charge in [-0.25, -0.2) is 0 Å². The number of H-pyrrole nitrogens is 1. The number of benzene rings is 1. The summed E-state index contributed by atoms with van der Waals surface area (Å²) >= 11 is 3.44. The summed E-state index contributed by atoms with van der Waals surface area (Å²) in [4.78, 5) is 12.2. The Morgan fingerprint density at radius 3 is 2.90 bits per heavy atom. The first-order chi connectivity index (χ1) is 9.56. The summed E-state index contributed by atoms with van der Waals surface area (Å²) in [5, 5.41) is 9.73. The topological polar surface area (TPSA) is 83.8 Å². The molecule has 1 saturated carbocycles. The second-order valence-corrected chi connectivity index (χ2v) is 5.95. The van der Waals surface area contributed by atoms with Gasteiger partial charge in [-0.15, -0.1) is 0 Å². The number of halogens is 1. The van der Waals surface area contributed by atoms with Crippen LogP contribution in [0.1, 0.15) is 40.5 Å². The van der Waals surface area contributed by atoms with Crippen molar-refractivity contribution in [3.05, 3.63) is 39.6 Å². The molecule has 1 fully saturated rings. The van der Waals surface area contributed by atoms with E-state index in [4.69, 9.17) is 5.73 Å². The molecule has 4 N–H and O–H groups in total. The number of carbonyl (C=O) groups excluding carboxylic acids is 1. The quantitative estimate of drug-likeness (QED) is 0.805. The summed E-state index contributed by atoms with van der Waals surface area (Å²) in [6.45, 7) is 1.99. The highest BCUT2D eigenvalue weighted by Crippen LogP contribution is 2.42. The summed E-state index contributed by atoms with van der Waals surface area (Å²) in [6, 6.07) is 5.64. The van der Waals surface area contributed by atoms with Gasteiger partial charge in [-0.1, -0.05) is 22.0 Å². The minimum Gasteiger partial charge on any atom is -0.395 e. The summed E-state index contributed by atoms with van der Waals surface area (Å²) in [5.41, 5.74) is 9.43. The molecule has 1 heterocycles. The lowest BCUT2D eigenvalue weighted by atomic mass is 10.2. The van der Waals surface area contributed by atoms with Crippen molar-refractivity contribution in [2.75, 3.05) is 11.1 Å². The highest BCUT2D eigenvalue weighted by molar-refractivity contribution is 9.10. The van der Waals surface area contributed by atoms with E-state index in [2.05, 4.69) is 31.4 Å². The first-order valence-corrected chi connectivity index (χ1v) is 7.27. The molecule has 0 atom stereocenters. The summed E-state index contributed by atoms with van der Waals surface area (Å²) < 4.78 is 0.948. The zero-order valence-electron chi connectivity index (χ0n) is 11.0. The van der Waals surface area contributed by atoms with Crippen molar-refractivity contribution in [1.29, 1.82) is 0 Å². The van der Waals surface area contributed by atoms with Gasteiger partial charge >= 0.3 is 0 Å². The van der Waals surface area contributed by atoms with Crippen LogP contribution in [0.3, 0.4) is 0 Å². The number of amides is 1. The molecule has 5 nitrogen and oxygen atoms in total. The maximum Gasteiger partial charge on any atom is 0.278 e. The lowest BCUT2D eigenvalue weighted by Gasteiger charge is -2.06. The Morgan fingerprint density at radius 1 is 1.50 bits per heavy atom. The van der Waals surface area contributed by atoms with Crippen molar-refractivity contribution in [3.63, 3.8) is 0 Å². The molecule has 0 unspecified atom stereocenters. The van der Waals surface area contributed by atoms with Crippen molar-refractivity contribution in [1.82, 2.24) is 10.2 Å². The Balaban J connectivity index is 1.80. The molecule has 0 saturated heterocycles. The predicted molar refractivity (Wildman–Crippen MR) is 81.8 cm³/mol. The lowest BCUT2D eigenvalue weighted by Crippen LogP contribution is -2.14. The van der Waals surface area contributed by atoms with Gasteiger partial charge in [-0.2, -0.15) is 5.10 Å². The Morgan fingerprint density at radius 2 is 2.25 bits per heavy atom. The van der Waals surface area contributed by atoms with Crippen LogP contribution in [0.15, 0.2) is 22.7 Å². The van der Waals surface area contributed by atoms with Crippen LogP contribution in [0.4, 0.5) is 11.4 Å². The Bertz CT molecular complexity index is 676. The Hall–Kier alpha value is -1.82. The Kier molecular flexibility index (Phi) is 3.25. The van der Waals surface area contributed by atoms with Gasteiger partial charge in [0.05, 0.1) is 11.4 Å². The van der Waals surface area contributed by atoms with Gasteiger partial charge < -0.3 is 11.1 Å². The minimum atomic E-state index is -0.290. The number of nitrogens with one attached hydrogen (secondary N) is 2. The molecule has 104 valence electrons. The van der Waals surface area contributed by atoms with E-state index in [0.29, 0.717) is 17.3 Å². The van der Waals surface area contributed by atoms with Crippen LogP contribution in [-0.4, -0.2) is 16.1 Å². The van der Waals surface area contributed by atoms with E-state index in [0.717, 1.165) is 28.6 Å². The van der Waals surface area contributed by atoms with Crippen LogP contribution in [0.2, 0.25) is 0 Å². The van der Waals surface area contributed by atoms with Gasteiger partial charge in [0, 0.05) is 16.1 Å². The van der Waals surface area contributed by atoms with Gasteiger partial charge in [-0.3, -0.25) is 9.89 Å². The van der Waals surface area contributed by atoms with Crippen LogP contribution in [0.5, 0.6) is 0 Å². The van der Waals surface area contributed by atoms with Crippen molar-refractivity contribution in [3.8, 4) is 0 Å². The molecule has 0 bridgehead atoms. The third-order valence-corrected chi connectivity index (χ3v) is 4.32. The van der Waals surface area contributed by atoms with Gasteiger partial charge in [0.15, 0.2) is 5.69 Å². The molecule has 2 aromatic rings. The van der Waals surface area contributed by atoms with Crippen LogP contribution in [-0.2, 0) is 0 Å². The van der Waals surface area contributed by atoms with Gasteiger partial charge in [0.25, 0.3) is 5.91 Å². The van der Waals surface area contributed by atoms with E-state index in [1.165, 1.54) is 0 Å². The minimum absolute atomic E-state index is 0.267. The number of nitrogen functional groups attached to an aromatic ring is 1. The third kappa shape index (κ3) is 2.43. The number of carbonyl (C=O) groups is 1. The number of aryl methyl sites for hydroxylation is 1. The molecule has 0 aliphatic heterocycles. The van der Waals surface area contributed by atoms with E-state index >= 15 is 0 Å². The number of rotatable bonds is 3. The molecule has 1 aromatic heterocycles. The zero-order valence-corrected chi connectivity index (χ0v) is 12.6. The normalized spacial score (nSPS) is 14.3. The van der Waals surface area contributed by atoms with E-state index in [-0.39, 0.29) is 11.6 Å². The number of hydrogen-bond acceptors (Lipinski definition) is 3. The molecule has 1 aliphatic carbocycles. The van der Waals surface area contributed by atoms with Crippen molar-refractivity contribution in [2.45, 2.75) is 25.7 Å². The SMILES string of the molecule is Cc1ccc(NC(=O)c2n[nH]c(C3CC3)c2N)cc1Br. The molecule has 0 spiro atoms. The molecular formula is C14H15BrN4O. The number of aromatic amines is 1. The third-order valence-electron chi connectivity index (χ3n) is 3.46. The highest BCUT2D eigenvalue weighted by Gasteiger charge is 2.30. The van der Waals surface area contributed by atoms with Crippen LogP contribution >= 0.6 is 15.9 Å². The molecule has 6 heteroatoms. The Labute approximate surface area is 125 Å². The average molecular weight is 335 g/mol. The molecule has 1 aromatic carbocycles. The van der Waals surface area contributed by atoms with E-state index in [1.807, 2.05) is 25.1 Å². The maximum absolute atomic E-state index is 12.2. The van der Waals surface area contributed by atoms with Crippen LogP contribution in [0, 0.1) is 6.92 Å². The second kappa shape index (κ2) is 4.94. The number of nitrogens with zero attached hydrogens (tertiary/aromatic N) is 1. The molecule has 3 rings (SSSR count). The summed E-state index contributed by atoms with van der Waals surface area (Å²) in [7, 11) is 0. The first kappa shape index (κ1) is 13.2. The monoisotopic (exact) mass is 334 g/mol. The number of anilines is 2. The van der Waals surface area contributed by atoms with E-state index in [1.54, 1.807) is 0 Å². The first-order valence-electron chi connectivity index (χ1n) is 6.47. The molecule has 1 amide bonds.